The molecule has 1 aliphatic heterocycles. The van der Waals surface area contributed by atoms with Crippen molar-refractivity contribution in [3.8, 4) is 11.5 Å². The molecule has 0 spiro atoms. The zero-order valence-corrected chi connectivity index (χ0v) is 15.3. The predicted octanol–water partition coefficient (Wildman–Crippen LogP) is 5.22. The lowest BCUT2D eigenvalue weighted by molar-refractivity contribution is -0.129. The van der Waals surface area contributed by atoms with Gasteiger partial charge in [-0.2, -0.15) is 0 Å². The van der Waals surface area contributed by atoms with Crippen LogP contribution in [0.4, 0.5) is 0 Å². The molecule has 1 aliphatic rings. The Bertz CT molecular complexity index is 808. The van der Waals surface area contributed by atoms with E-state index in [1.54, 1.807) is 29.5 Å². The number of rotatable bonds is 3. The SMILES string of the molecule is COc1cc(Cl)ccc1OC(=O)C1=Cc2sc(C)c(C)c2CS1. The van der Waals surface area contributed by atoms with E-state index in [1.807, 2.05) is 6.08 Å². The average molecular weight is 367 g/mol. The maximum Gasteiger partial charge on any atom is 0.350 e. The van der Waals surface area contributed by atoms with Crippen LogP contribution in [0.2, 0.25) is 5.02 Å². The van der Waals surface area contributed by atoms with Crippen LogP contribution >= 0.6 is 34.7 Å². The molecule has 1 aromatic heterocycles. The summed E-state index contributed by atoms with van der Waals surface area (Å²) < 4.78 is 10.7. The van der Waals surface area contributed by atoms with Crippen LogP contribution in [0.5, 0.6) is 11.5 Å². The molecule has 0 aliphatic carbocycles. The molecule has 0 unspecified atom stereocenters. The standard InChI is InChI=1S/C17H15ClO3S2/c1-9-10(2)23-15-7-16(22-8-12(9)15)17(19)21-13-5-4-11(18)6-14(13)20-3/h4-7H,8H2,1-3H3. The summed E-state index contributed by atoms with van der Waals surface area (Å²) in [7, 11) is 1.51. The summed E-state index contributed by atoms with van der Waals surface area (Å²) in [6, 6.07) is 4.92. The van der Waals surface area contributed by atoms with E-state index < -0.39 is 0 Å². The van der Waals surface area contributed by atoms with Crippen molar-refractivity contribution in [3.05, 3.63) is 49.0 Å². The van der Waals surface area contributed by atoms with Gasteiger partial charge >= 0.3 is 5.97 Å². The van der Waals surface area contributed by atoms with E-state index in [2.05, 4.69) is 13.8 Å². The normalized spacial score (nSPS) is 13.3. The van der Waals surface area contributed by atoms with Gasteiger partial charge in [0.15, 0.2) is 11.5 Å². The Kier molecular flexibility index (Phi) is 4.71. The molecule has 3 rings (SSSR count). The molecule has 2 heterocycles. The van der Waals surface area contributed by atoms with Crippen LogP contribution in [-0.2, 0) is 10.5 Å². The third-order valence-corrected chi connectivity index (χ3v) is 6.17. The van der Waals surface area contributed by atoms with Gasteiger partial charge in [-0.25, -0.2) is 4.79 Å². The first-order chi connectivity index (χ1) is 11.0. The first kappa shape index (κ1) is 16.4. The van der Waals surface area contributed by atoms with Gasteiger partial charge in [0.25, 0.3) is 0 Å². The lowest BCUT2D eigenvalue weighted by Crippen LogP contribution is -2.11. The Morgan fingerprint density at radius 1 is 1.26 bits per heavy atom. The van der Waals surface area contributed by atoms with Gasteiger partial charge in [0.2, 0.25) is 0 Å². The minimum atomic E-state index is -0.370. The monoisotopic (exact) mass is 366 g/mol. The lowest BCUT2D eigenvalue weighted by atomic mass is 10.1. The quantitative estimate of drug-likeness (QED) is 0.551. The van der Waals surface area contributed by atoms with Crippen LogP contribution in [0, 0.1) is 13.8 Å². The largest absolute Gasteiger partial charge is 0.493 e. The molecule has 23 heavy (non-hydrogen) atoms. The van der Waals surface area contributed by atoms with Crippen molar-refractivity contribution in [2.75, 3.05) is 7.11 Å². The third-order valence-electron chi connectivity index (χ3n) is 3.70. The molecule has 3 nitrogen and oxygen atoms in total. The number of thiophene rings is 1. The summed E-state index contributed by atoms with van der Waals surface area (Å²) in [4.78, 5) is 15.5. The fourth-order valence-electron chi connectivity index (χ4n) is 2.30. The topological polar surface area (TPSA) is 35.5 Å². The van der Waals surface area contributed by atoms with E-state index >= 15 is 0 Å². The average Bonchev–Trinajstić information content (AvgIpc) is 2.83. The van der Waals surface area contributed by atoms with Crippen molar-refractivity contribution < 1.29 is 14.3 Å². The van der Waals surface area contributed by atoms with Crippen molar-refractivity contribution in [2.45, 2.75) is 19.6 Å². The van der Waals surface area contributed by atoms with Crippen LogP contribution in [0.1, 0.15) is 20.9 Å². The van der Waals surface area contributed by atoms with Gasteiger partial charge in [0, 0.05) is 26.6 Å². The Hall–Kier alpha value is -1.43. The number of carbonyl (C=O) groups is 1. The molecule has 0 bridgehead atoms. The highest BCUT2D eigenvalue weighted by atomic mass is 35.5. The fraction of sp³-hybridized carbons (Fsp3) is 0.235. The van der Waals surface area contributed by atoms with Crippen LogP contribution in [0.3, 0.4) is 0 Å². The van der Waals surface area contributed by atoms with Crippen LogP contribution in [-0.4, -0.2) is 13.1 Å². The Balaban J connectivity index is 1.84. The van der Waals surface area contributed by atoms with Gasteiger partial charge in [-0.3, -0.25) is 0 Å². The third kappa shape index (κ3) is 3.27. The number of esters is 1. The van der Waals surface area contributed by atoms with Crippen molar-refractivity contribution in [2.24, 2.45) is 0 Å². The Morgan fingerprint density at radius 3 is 2.78 bits per heavy atom. The molecule has 0 fully saturated rings. The first-order valence-corrected chi connectivity index (χ1v) is 9.16. The zero-order chi connectivity index (χ0) is 16.6. The summed E-state index contributed by atoms with van der Waals surface area (Å²) in [6.45, 7) is 4.23. The summed E-state index contributed by atoms with van der Waals surface area (Å²) in [6.07, 6.45) is 1.92. The number of thioether (sulfide) groups is 1. The molecule has 0 radical (unpaired) electrons. The molecule has 0 saturated heterocycles. The van der Waals surface area contributed by atoms with E-state index in [0.717, 1.165) is 10.6 Å². The molecule has 0 N–H and O–H groups in total. The minimum Gasteiger partial charge on any atom is -0.493 e. The maximum absolute atomic E-state index is 12.4. The molecule has 2 aromatic rings. The smallest absolute Gasteiger partial charge is 0.350 e. The molecule has 0 amide bonds. The lowest BCUT2D eigenvalue weighted by Gasteiger charge is -2.14. The van der Waals surface area contributed by atoms with E-state index in [9.17, 15) is 4.79 Å². The van der Waals surface area contributed by atoms with Gasteiger partial charge in [0.05, 0.1) is 12.0 Å². The number of hydrogen-bond donors (Lipinski definition) is 0. The van der Waals surface area contributed by atoms with Crippen molar-refractivity contribution >= 4 is 46.7 Å². The number of halogens is 1. The van der Waals surface area contributed by atoms with E-state index in [-0.39, 0.29) is 5.97 Å². The number of ether oxygens (including phenoxy) is 2. The van der Waals surface area contributed by atoms with Crippen molar-refractivity contribution in [1.82, 2.24) is 0 Å². The number of fused-ring (bicyclic) bond motifs is 1. The highest BCUT2D eigenvalue weighted by Gasteiger charge is 2.23. The molecular weight excluding hydrogens is 352 g/mol. The number of hydrogen-bond acceptors (Lipinski definition) is 5. The first-order valence-electron chi connectivity index (χ1n) is 6.98. The maximum atomic E-state index is 12.4. The second-order valence-electron chi connectivity index (χ2n) is 5.11. The second-order valence-corrected chi connectivity index (χ2v) is 7.82. The van der Waals surface area contributed by atoms with Gasteiger partial charge < -0.3 is 9.47 Å². The molecule has 120 valence electrons. The fourth-order valence-corrected chi connectivity index (χ4v) is 4.79. The highest BCUT2D eigenvalue weighted by molar-refractivity contribution is 8.03. The van der Waals surface area contributed by atoms with E-state index in [4.69, 9.17) is 21.1 Å². The molecule has 6 heteroatoms. The number of benzene rings is 1. The van der Waals surface area contributed by atoms with Gasteiger partial charge in [-0.05, 0) is 43.2 Å². The second kappa shape index (κ2) is 6.59. The van der Waals surface area contributed by atoms with Gasteiger partial charge in [-0.15, -0.1) is 23.1 Å². The van der Waals surface area contributed by atoms with Crippen LogP contribution in [0.25, 0.3) is 6.08 Å². The minimum absolute atomic E-state index is 0.368. The molecule has 0 saturated carbocycles. The zero-order valence-electron chi connectivity index (χ0n) is 12.9. The summed E-state index contributed by atoms with van der Waals surface area (Å²) in [5.74, 6) is 1.23. The molecule has 1 aromatic carbocycles. The van der Waals surface area contributed by atoms with Gasteiger partial charge in [-0.1, -0.05) is 11.6 Å². The van der Waals surface area contributed by atoms with Gasteiger partial charge in [0.1, 0.15) is 0 Å². The Labute approximate surface area is 148 Å². The van der Waals surface area contributed by atoms with Crippen molar-refractivity contribution in [1.29, 1.82) is 0 Å². The van der Waals surface area contributed by atoms with Crippen molar-refractivity contribution in [3.63, 3.8) is 0 Å². The number of carbonyl (C=O) groups excluding carboxylic acids is 1. The highest BCUT2D eigenvalue weighted by Crippen LogP contribution is 2.40. The number of aryl methyl sites for hydroxylation is 1. The summed E-state index contributed by atoms with van der Waals surface area (Å²) in [5.41, 5.74) is 2.64. The molecule has 0 atom stereocenters. The predicted molar refractivity (Wildman–Crippen MR) is 96.7 cm³/mol. The summed E-state index contributed by atoms with van der Waals surface area (Å²) in [5, 5.41) is 0.530. The van der Waals surface area contributed by atoms with E-state index in [0.29, 0.717) is 21.4 Å². The Morgan fingerprint density at radius 2 is 2.04 bits per heavy atom. The number of methoxy groups -OCH3 is 1. The summed E-state index contributed by atoms with van der Waals surface area (Å²) >= 11 is 9.14. The molecular formula is C17H15ClO3S2. The van der Waals surface area contributed by atoms with Crippen LogP contribution < -0.4 is 9.47 Å². The van der Waals surface area contributed by atoms with Crippen LogP contribution in [0.15, 0.2) is 23.1 Å². The van der Waals surface area contributed by atoms with E-state index in [1.165, 1.54) is 34.9 Å².